The quantitative estimate of drug-likeness (QED) is 0.755. The summed E-state index contributed by atoms with van der Waals surface area (Å²) in [5.74, 6) is 0.306. The molecular formula is C16H20N2O3. The highest BCUT2D eigenvalue weighted by Crippen LogP contribution is 2.26. The lowest BCUT2D eigenvalue weighted by molar-refractivity contribution is -0.120. The maximum atomic E-state index is 11.9. The predicted molar refractivity (Wildman–Crippen MR) is 80.9 cm³/mol. The molecule has 0 fully saturated rings. The Labute approximate surface area is 124 Å². The lowest BCUT2D eigenvalue weighted by atomic mass is 10.2. The van der Waals surface area contributed by atoms with Crippen molar-refractivity contribution < 1.29 is 13.9 Å². The number of anilines is 1. The average molecular weight is 288 g/mol. The van der Waals surface area contributed by atoms with Crippen molar-refractivity contribution in [2.24, 2.45) is 0 Å². The molecule has 2 aromatic rings. The topological polar surface area (TPSA) is 64.4 Å². The van der Waals surface area contributed by atoms with Crippen molar-refractivity contribution >= 4 is 11.6 Å². The van der Waals surface area contributed by atoms with Gasteiger partial charge in [-0.2, -0.15) is 0 Å². The number of carbonyl (C=O) groups is 1. The molecule has 21 heavy (non-hydrogen) atoms. The molecule has 0 saturated heterocycles. The zero-order valence-electron chi connectivity index (χ0n) is 12.2. The number of amides is 1. The number of nitrogens with one attached hydrogen (secondary N) is 1. The zero-order chi connectivity index (χ0) is 14.9. The molecule has 0 spiro atoms. The minimum Gasteiger partial charge on any atom is -0.444 e. The van der Waals surface area contributed by atoms with Crippen LogP contribution in [0.2, 0.25) is 0 Å². The summed E-state index contributed by atoms with van der Waals surface area (Å²) in [5, 5.41) is 2.83. The van der Waals surface area contributed by atoms with Gasteiger partial charge in [0.1, 0.15) is 12.9 Å². The van der Waals surface area contributed by atoms with Crippen molar-refractivity contribution in [3.8, 4) is 11.5 Å². The summed E-state index contributed by atoms with van der Waals surface area (Å²) in [5.41, 5.74) is 1.42. The number of nitrogens with zero attached hydrogens (tertiary/aromatic N) is 1. The number of hydrogen-bond acceptors (Lipinski definition) is 4. The van der Waals surface area contributed by atoms with Crippen LogP contribution < -0.4 is 5.32 Å². The molecule has 0 atom stereocenters. The van der Waals surface area contributed by atoms with E-state index in [0.717, 1.165) is 24.8 Å². The number of hydrogen-bond donors (Lipinski definition) is 1. The van der Waals surface area contributed by atoms with Crippen molar-refractivity contribution in [1.82, 2.24) is 4.98 Å². The molecule has 1 aromatic heterocycles. The number of ether oxygens (including phenoxy) is 1. The number of rotatable bonds is 8. The molecule has 0 unspecified atom stereocenters. The Balaban J connectivity index is 1.89. The third-order valence-electron chi connectivity index (χ3n) is 2.99. The number of oxazole rings is 1. The van der Waals surface area contributed by atoms with Crippen molar-refractivity contribution in [1.29, 1.82) is 0 Å². The molecule has 5 heteroatoms. The second-order valence-corrected chi connectivity index (χ2v) is 4.69. The van der Waals surface area contributed by atoms with Gasteiger partial charge in [0, 0.05) is 6.61 Å². The molecule has 2 rings (SSSR count). The molecule has 5 nitrogen and oxygen atoms in total. The van der Waals surface area contributed by atoms with Gasteiger partial charge in [-0.25, -0.2) is 4.98 Å². The van der Waals surface area contributed by atoms with Gasteiger partial charge in [-0.05, 0) is 18.6 Å². The smallest absolute Gasteiger partial charge is 0.250 e. The van der Waals surface area contributed by atoms with E-state index in [0.29, 0.717) is 18.2 Å². The highest BCUT2D eigenvalue weighted by molar-refractivity contribution is 5.95. The molecular weight excluding hydrogens is 268 g/mol. The average Bonchev–Trinajstić information content (AvgIpc) is 3.02. The Kier molecular flexibility index (Phi) is 5.97. The van der Waals surface area contributed by atoms with E-state index in [1.165, 1.54) is 6.26 Å². The molecule has 0 bridgehead atoms. The van der Waals surface area contributed by atoms with Crippen molar-refractivity contribution in [3.63, 3.8) is 0 Å². The summed E-state index contributed by atoms with van der Waals surface area (Å²) >= 11 is 0. The van der Waals surface area contributed by atoms with E-state index < -0.39 is 0 Å². The number of carbonyl (C=O) groups excluding carboxylic acids is 1. The Morgan fingerprint density at radius 3 is 2.95 bits per heavy atom. The molecule has 0 saturated carbocycles. The van der Waals surface area contributed by atoms with Crippen molar-refractivity contribution in [2.45, 2.75) is 26.2 Å². The summed E-state index contributed by atoms with van der Waals surface area (Å²) in [6.07, 6.45) is 6.32. The minimum absolute atomic E-state index is 0.0592. The largest absolute Gasteiger partial charge is 0.444 e. The minimum atomic E-state index is -0.175. The predicted octanol–water partition coefficient (Wildman–Crippen LogP) is 3.49. The lowest BCUT2D eigenvalue weighted by Crippen LogP contribution is -2.19. The summed E-state index contributed by atoms with van der Waals surface area (Å²) in [4.78, 5) is 16.0. The summed E-state index contributed by atoms with van der Waals surface area (Å²) in [7, 11) is 0. The Morgan fingerprint density at radius 2 is 2.19 bits per heavy atom. The van der Waals surface area contributed by atoms with Crippen LogP contribution >= 0.6 is 0 Å². The second-order valence-electron chi connectivity index (χ2n) is 4.69. The zero-order valence-corrected chi connectivity index (χ0v) is 12.2. The van der Waals surface area contributed by atoms with Gasteiger partial charge in [-0.15, -0.1) is 0 Å². The van der Waals surface area contributed by atoms with Crippen molar-refractivity contribution in [3.05, 3.63) is 36.7 Å². The molecule has 0 aliphatic carbocycles. The van der Waals surface area contributed by atoms with Crippen LogP contribution in [0.15, 0.2) is 41.1 Å². The number of benzene rings is 1. The molecule has 0 aliphatic rings. The number of unbranched alkanes of at least 4 members (excludes halogenated alkanes) is 2. The van der Waals surface area contributed by atoms with E-state index in [9.17, 15) is 4.79 Å². The molecule has 1 heterocycles. The van der Waals surface area contributed by atoms with Crippen LogP contribution in [0.4, 0.5) is 5.69 Å². The molecule has 1 amide bonds. The molecule has 0 aliphatic heterocycles. The van der Waals surface area contributed by atoms with Gasteiger partial charge in [-0.1, -0.05) is 31.9 Å². The van der Waals surface area contributed by atoms with Crippen LogP contribution in [0, 0.1) is 0 Å². The first-order valence-electron chi connectivity index (χ1n) is 7.17. The molecule has 1 aromatic carbocycles. The van der Waals surface area contributed by atoms with Crippen LogP contribution in [-0.2, 0) is 9.53 Å². The fourth-order valence-corrected chi connectivity index (χ4v) is 1.94. The van der Waals surface area contributed by atoms with Gasteiger partial charge in [0.05, 0.1) is 17.4 Å². The van der Waals surface area contributed by atoms with Crippen LogP contribution in [-0.4, -0.2) is 24.1 Å². The van der Waals surface area contributed by atoms with Gasteiger partial charge >= 0.3 is 0 Å². The van der Waals surface area contributed by atoms with Crippen LogP contribution in [0.3, 0.4) is 0 Å². The Hall–Kier alpha value is -2.14. The third kappa shape index (κ3) is 4.72. The first-order chi connectivity index (χ1) is 10.3. The highest BCUT2D eigenvalue weighted by Gasteiger charge is 2.11. The molecule has 112 valence electrons. The van der Waals surface area contributed by atoms with Gasteiger partial charge < -0.3 is 14.5 Å². The van der Waals surface area contributed by atoms with E-state index in [1.54, 1.807) is 6.20 Å². The van der Waals surface area contributed by atoms with E-state index >= 15 is 0 Å². The van der Waals surface area contributed by atoms with Gasteiger partial charge in [-0.3, -0.25) is 4.79 Å². The molecule has 1 N–H and O–H groups in total. The van der Waals surface area contributed by atoms with Crippen LogP contribution in [0.5, 0.6) is 0 Å². The normalized spacial score (nSPS) is 10.5. The fraction of sp³-hybridized carbons (Fsp3) is 0.375. The number of para-hydroxylation sites is 1. The third-order valence-corrected chi connectivity index (χ3v) is 2.99. The van der Waals surface area contributed by atoms with Crippen LogP contribution in [0.1, 0.15) is 26.2 Å². The van der Waals surface area contributed by atoms with Gasteiger partial charge in [0.25, 0.3) is 0 Å². The van der Waals surface area contributed by atoms with E-state index in [2.05, 4.69) is 17.2 Å². The second kappa shape index (κ2) is 8.21. The Morgan fingerprint density at radius 1 is 1.33 bits per heavy atom. The highest BCUT2D eigenvalue weighted by atomic mass is 16.5. The molecule has 0 radical (unpaired) electrons. The summed E-state index contributed by atoms with van der Waals surface area (Å²) < 4.78 is 10.6. The van der Waals surface area contributed by atoms with E-state index in [1.807, 2.05) is 24.3 Å². The number of aromatic nitrogens is 1. The lowest BCUT2D eigenvalue weighted by Gasteiger charge is -2.09. The standard InChI is InChI=1S/C16H20N2O3/c1-2-3-6-10-20-12-15(19)18-14-8-5-4-7-13(14)16-17-9-11-21-16/h4-5,7-9,11H,2-3,6,10,12H2,1H3,(H,18,19). The van der Waals surface area contributed by atoms with Gasteiger partial charge in [0.2, 0.25) is 11.8 Å². The van der Waals surface area contributed by atoms with E-state index in [4.69, 9.17) is 9.15 Å². The van der Waals surface area contributed by atoms with Crippen molar-refractivity contribution in [2.75, 3.05) is 18.5 Å². The SMILES string of the molecule is CCCCCOCC(=O)Nc1ccccc1-c1ncco1. The Bertz CT molecular complexity index is 552. The van der Waals surface area contributed by atoms with E-state index in [-0.39, 0.29) is 12.5 Å². The van der Waals surface area contributed by atoms with Crippen LogP contribution in [0.25, 0.3) is 11.5 Å². The summed E-state index contributed by atoms with van der Waals surface area (Å²) in [6, 6.07) is 7.39. The van der Waals surface area contributed by atoms with Gasteiger partial charge in [0.15, 0.2) is 0 Å². The maximum Gasteiger partial charge on any atom is 0.250 e. The monoisotopic (exact) mass is 288 g/mol. The fourth-order valence-electron chi connectivity index (χ4n) is 1.94. The first-order valence-corrected chi connectivity index (χ1v) is 7.17. The maximum absolute atomic E-state index is 11.9. The first kappa shape index (κ1) is 15.3. The summed E-state index contributed by atoms with van der Waals surface area (Å²) in [6.45, 7) is 2.80.